The molecule has 0 radical (unpaired) electrons. The molecule has 0 aliphatic heterocycles. The molecule has 2 aromatic carbocycles. The van der Waals surface area contributed by atoms with Gasteiger partial charge in [0.25, 0.3) is 5.91 Å². The van der Waals surface area contributed by atoms with E-state index < -0.39 is 29.8 Å². The molecular formula is C20H19FN2O4. The summed E-state index contributed by atoms with van der Waals surface area (Å²) in [5.41, 5.74) is 0.877. The number of carbonyl (C=O) groups is 3. The van der Waals surface area contributed by atoms with E-state index >= 15 is 0 Å². The van der Waals surface area contributed by atoms with Crippen LogP contribution in [0.5, 0.6) is 0 Å². The van der Waals surface area contributed by atoms with Crippen LogP contribution in [0.3, 0.4) is 0 Å². The normalized spacial score (nSPS) is 11.6. The largest absolute Gasteiger partial charge is 0.444 e. The SMILES string of the molecule is CCNC(=O)NC(=O)[C@H](OC(=O)/C=C/c1cccc(F)c1)c1ccccc1. The average Bonchev–Trinajstić information content (AvgIpc) is 2.65. The van der Waals surface area contributed by atoms with E-state index in [4.69, 9.17) is 4.74 Å². The number of rotatable bonds is 6. The van der Waals surface area contributed by atoms with Crippen LogP contribution in [0.4, 0.5) is 9.18 Å². The van der Waals surface area contributed by atoms with Crippen molar-refractivity contribution in [3.63, 3.8) is 0 Å². The number of ether oxygens (including phenoxy) is 1. The van der Waals surface area contributed by atoms with Gasteiger partial charge in [0.15, 0.2) is 0 Å². The smallest absolute Gasteiger partial charge is 0.331 e. The highest BCUT2D eigenvalue weighted by Gasteiger charge is 2.25. The van der Waals surface area contributed by atoms with Gasteiger partial charge in [0.2, 0.25) is 6.10 Å². The third-order valence-corrected chi connectivity index (χ3v) is 3.41. The Hall–Kier alpha value is -3.48. The van der Waals surface area contributed by atoms with E-state index in [1.807, 2.05) is 0 Å². The Morgan fingerprint density at radius 1 is 1.11 bits per heavy atom. The van der Waals surface area contributed by atoms with Crippen LogP contribution in [0.25, 0.3) is 6.08 Å². The minimum atomic E-state index is -1.31. The first kappa shape index (κ1) is 19.8. The predicted octanol–water partition coefficient (Wildman–Crippen LogP) is 2.97. The van der Waals surface area contributed by atoms with E-state index in [1.165, 1.54) is 24.3 Å². The fraction of sp³-hybridized carbons (Fsp3) is 0.150. The molecule has 0 aliphatic carbocycles. The first-order valence-corrected chi connectivity index (χ1v) is 8.27. The molecule has 0 saturated heterocycles. The number of benzene rings is 2. The summed E-state index contributed by atoms with van der Waals surface area (Å²) < 4.78 is 18.4. The van der Waals surface area contributed by atoms with Gasteiger partial charge in [-0.1, -0.05) is 42.5 Å². The van der Waals surface area contributed by atoms with Crippen LogP contribution in [0.1, 0.15) is 24.2 Å². The van der Waals surface area contributed by atoms with E-state index in [0.29, 0.717) is 17.7 Å². The Morgan fingerprint density at radius 3 is 2.52 bits per heavy atom. The average molecular weight is 370 g/mol. The van der Waals surface area contributed by atoms with Gasteiger partial charge in [0, 0.05) is 18.2 Å². The monoisotopic (exact) mass is 370 g/mol. The first-order chi connectivity index (χ1) is 13.0. The van der Waals surface area contributed by atoms with E-state index in [1.54, 1.807) is 43.3 Å². The summed E-state index contributed by atoms with van der Waals surface area (Å²) in [6.45, 7) is 2.04. The van der Waals surface area contributed by atoms with E-state index in [2.05, 4.69) is 10.6 Å². The van der Waals surface area contributed by atoms with Gasteiger partial charge in [-0.05, 0) is 30.7 Å². The number of halogens is 1. The number of nitrogens with one attached hydrogen (secondary N) is 2. The summed E-state index contributed by atoms with van der Waals surface area (Å²) in [5.74, 6) is -2.02. The topological polar surface area (TPSA) is 84.5 Å². The maximum atomic E-state index is 13.2. The fourth-order valence-electron chi connectivity index (χ4n) is 2.21. The summed E-state index contributed by atoms with van der Waals surface area (Å²) in [7, 11) is 0. The molecule has 0 fully saturated rings. The lowest BCUT2D eigenvalue weighted by molar-refractivity contribution is -0.151. The summed E-state index contributed by atoms with van der Waals surface area (Å²) >= 11 is 0. The van der Waals surface area contributed by atoms with Gasteiger partial charge >= 0.3 is 12.0 Å². The highest BCUT2D eigenvalue weighted by molar-refractivity contribution is 5.98. The van der Waals surface area contributed by atoms with Crippen molar-refractivity contribution < 1.29 is 23.5 Å². The molecule has 0 spiro atoms. The molecule has 6 nitrogen and oxygen atoms in total. The zero-order valence-corrected chi connectivity index (χ0v) is 14.6. The highest BCUT2D eigenvalue weighted by Crippen LogP contribution is 2.18. The maximum absolute atomic E-state index is 13.2. The molecule has 27 heavy (non-hydrogen) atoms. The van der Waals surface area contributed by atoms with Crippen LogP contribution in [-0.2, 0) is 14.3 Å². The Morgan fingerprint density at radius 2 is 1.85 bits per heavy atom. The molecule has 0 aromatic heterocycles. The summed E-state index contributed by atoms with van der Waals surface area (Å²) in [5, 5.41) is 4.55. The van der Waals surface area contributed by atoms with Crippen molar-refractivity contribution in [1.29, 1.82) is 0 Å². The molecule has 2 rings (SSSR count). The van der Waals surface area contributed by atoms with Crippen LogP contribution in [0.15, 0.2) is 60.7 Å². The zero-order valence-electron chi connectivity index (χ0n) is 14.6. The van der Waals surface area contributed by atoms with Crippen molar-refractivity contribution in [2.24, 2.45) is 0 Å². The zero-order chi connectivity index (χ0) is 19.6. The number of carbonyl (C=O) groups excluding carboxylic acids is 3. The van der Waals surface area contributed by atoms with E-state index in [0.717, 1.165) is 6.08 Å². The van der Waals surface area contributed by atoms with Gasteiger partial charge in [-0.3, -0.25) is 10.1 Å². The molecule has 7 heteroatoms. The van der Waals surface area contributed by atoms with E-state index in [9.17, 15) is 18.8 Å². The summed E-state index contributed by atoms with van der Waals surface area (Å²) in [6, 6.07) is 13.3. The predicted molar refractivity (Wildman–Crippen MR) is 97.9 cm³/mol. The number of hydrogen-bond donors (Lipinski definition) is 2. The number of urea groups is 1. The molecular weight excluding hydrogens is 351 g/mol. The van der Waals surface area contributed by atoms with E-state index in [-0.39, 0.29) is 0 Å². The quantitative estimate of drug-likeness (QED) is 0.605. The molecule has 1 atom stereocenters. The van der Waals surface area contributed by atoms with Gasteiger partial charge in [-0.2, -0.15) is 0 Å². The second-order valence-electron chi connectivity index (χ2n) is 5.46. The van der Waals surface area contributed by atoms with Crippen LogP contribution in [-0.4, -0.2) is 24.5 Å². The van der Waals surface area contributed by atoms with Gasteiger partial charge in [0.05, 0.1) is 0 Å². The Kier molecular flexibility index (Phi) is 7.25. The molecule has 0 unspecified atom stereocenters. The minimum absolute atomic E-state index is 0.339. The Bertz CT molecular complexity index is 837. The molecule has 140 valence electrons. The highest BCUT2D eigenvalue weighted by atomic mass is 19.1. The number of hydrogen-bond acceptors (Lipinski definition) is 4. The van der Waals surface area contributed by atoms with Crippen LogP contribution in [0.2, 0.25) is 0 Å². The second-order valence-corrected chi connectivity index (χ2v) is 5.46. The van der Waals surface area contributed by atoms with Crippen LogP contribution < -0.4 is 10.6 Å². The first-order valence-electron chi connectivity index (χ1n) is 8.27. The third-order valence-electron chi connectivity index (χ3n) is 3.41. The lowest BCUT2D eigenvalue weighted by Gasteiger charge is -2.16. The van der Waals surface area contributed by atoms with Crippen molar-refractivity contribution in [3.05, 3.63) is 77.6 Å². The number of imide groups is 1. The molecule has 2 N–H and O–H groups in total. The Balaban J connectivity index is 2.12. The fourth-order valence-corrected chi connectivity index (χ4v) is 2.21. The summed E-state index contributed by atoms with van der Waals surface area (Å²) in [6.07, 6.45) is 1.15. The van der Waals surface area contributed by atoms with Crippen molar-refractivity contribution in [3.8, 4) is 0 Å². The second kappa shape index (κ2) is 9.86. The van der Waals surface area contributed by atoms with Gasteiger partial charge in [-0.15, -0.1) is 0 Å². The lowest BCUT2D eigenvalue weighted by atomic mass is 10.1. The van der Waals surface area contributed by atoms with Crippen molar-refractivity contribution in [1.82, 2.24) is 10.6 Å². The van der Waals surface area contributed by atoms with Gasteiger partial charge in [-0.25, -0.2) is 14.0 Å². The molecule has 2 aromatic rings. The van der Waals surface area contributed by atoms with Crippen molar-refractivity contribution in [2.45, 2.75) is 13.0 Å². The van der Waals surface area contributed by atoms with Crippen molar-refractivity contribution in [2.75, 3.05) is 6.54 Å². The van der Waals surface area contributed by atoms with Gasteiger partial charge < -0.3 is 10.1 Å². The molecule has 0 aliphatic rings. The Labute approximate surface area is 156 Å². The standard InChI is InChI=1S/C20H19FN2O4/c1-2-22-20(26)23-19(25)18(15-8-4-3-5-9-15)27-17(24)12-11-14-7-6-10-16(21)13-14/h3-13,18H,2H2,1H3,(H2,22,23,25,26)/b12-11+/t18-/m1/s1. The molecule has 0 heterocycles. The lowest BCUT2D eigenvalue weighted by Crippen LogP contribution is -2.42. The van der Waals surface area contributed by atoms with Crippen LogP contribution in [0, 0.1) is 5.82 Å². The maximum Gasteiger partial charge on any atom is 0.331 e. The molecule has 0 saturated carbocycles. The summed E-state index contributed by atoms with van der Waals surface area (Å²) in [4.78, 5) is 36.1. The third kappa shape index (κ3) is 6.39. The van der Waals surface area contributed by atoms with Crippen molar-refractivity contribution >= 4 is 24.0 Å². The molecule has 0 bridgehead atoms. The number of amides is 3. The minimum Gasteiger partial charge on any atom is -0.444 e. The van der Waals surface area contributed by atoms with Crippen LogP contribution >= 0.6 is 0 Å². The number of esters is 1. The van der Waals surface area contributed by atoms with Gasteiger partial charge in [0.1, 0.15) is 5.82 Å². The molecule has 3 amide bonds.